The molecule has 0 bridgehead atoms. The predicted molar refractivity (Wildman–Crippen MR) is 115 cm³/mol. The topological polar surface area (TPSA) is 68.1 Å². The van der Waals surface area contributed by atoms with Crippen molar-refractivity contribution >= 4 is 29.5 Å². The number of oxime groups is 1. The Labute approximate surface area is 195 Å². The molecule has 1 atom stereocenters. The van der Waals surface area contributed by atoms with E-state index in [1.807, 2.05) is 0 Å². The fourth-order valence-corrected chi connectivity index (χ4v) is 3.16. The molecule has 0 spiro atoms. The van der Waals surface area contributed by atoms with Gasteiger partial charge in [-0.1, -0.05) is 29.4 Å². The van der Waals surface area contributed by atoms with Crippen molar-refractivity contribution in [2.45, 2.75) is 18.5 Å². The lowest BCUT2D eigenvalue weighted by atomic mass is 9.91. The molecule has 0 heterocycles. The number of carbonyl (C=O) groups is 1. The molecule has 0 aliphatic heterocycles. The zero-order valence-corrected chi connectivity index (χ0v) is 18.6. The molecule has 12 heteroatoms. The Morgan fingerprint density at radius 3 is 2.18 bits per heavy atom. The third-order valence-electron chi connectivity index (χ3n) is 4.39. The van der Waals surface area contributed by atoms with Crippen LogP contribution < -0.4 is 0 Å². The maximum Gasteiger partial charge on any atom is 0.416 e. The van der Waals surface area contributed by atoms with Gasteiger partial charge < -0.3 is 14.7 Å². The number of aliphatic carboxylic acids is 1. The summed E-state index contributed by atoms with van der Waals surface area (Å²) >= 11 is 1.34. The van der Waals surface area contributed by atoms with Gasteiger partial charge in [-0.05, 0) is 30.0 Å². The molecular formula is C22H19F6NO4S. The summed E-state index contributed by atoms with van der Waals surface area (Å²) in [4.78, 5) is 17.1. The Bertz CT molecular complexity index is 1030. The summed E-state index contributed by atoms with van der Waals surface area (Å²) in [6, 6.07) is 6.57. The lowest BCUT2D eigenvalue weighted by molar-refractivity contribution is -0.143. The van der Waals surface area contributed by atoms with E-state index in [1.165, 1.54) is 49.4 Å². The fraction of sp³-hybridized carbons (Fsp3) is 0.273. The first-order valence-electron chi connectivity index (χ1n) is 9.41. The number of methoxy groups -OCH3 is 1. The van der Waals surface area contributed by atoms with Crippen molar-refractivity contribution in [3.8, 4) is 0 Å². The second-order valence-corrected chi connectivity index (χ2v) is 7.64. The number of halogens is 6. The van der Waals surface area contributed by atoms with E-state index < -0.39 is 41.1 Å². The number of ether oxygens (including phenoxy) is 1. The minimum Gasteiger partial charge on any atom is -0.503 e. The van der Waals surface area contributed by atoms with Crippen LogP contribution in [0.3, 0.4) is 0 Å². The van der Waals surface area contributed by atoms with Crippen molar-refractivity contribution in [3.63, 3.8) is 0 Å². The summed E-state index contributed by atoms with van der Waals surface area (Å²) in [5.41, 5.74) is -4.04. The number of alkyl halides is 6. The van der Waals surface area contributed by atoms with Gasteiger partial charge in [0, 0.05) is 16.9 Å². The van der Waals surface area contributed by atoms with Crippen LogP contribution in [0.4, 0.5) is 26.3 Å². The van der Waals surface area contributed by atoms with Crippen molar-refractivity contribution in [1.82, 2.24) is 0 Å². The molecular weight excluding hydrogens is 488 g/mol. The summed E-state index contributed by atoms with van der Waals surface area (Å²) in [6.45, 7) is 0. The molecule has 0 aliphatic carbocycles. The van der Waals surface area contributed by atoms with E-state index in [9.17, 15) is 36.2 Å². The number of benzene rings is 2. The molecule has 34 heavy (non-hydrogen) atoms. The van der Waals surface area contributed by atoms with Crippen LogP contribution in [0.2, 0.25) is 0 Å². The van der Waals surface area contributed by atoms with Gasteiger partial charge >= 0.3 is 18.3 Å². The zero-order chi connectivity index (χ0) is 25.5. The third-order valence-corrected chi connectivity index (χ3v) is 4.88. The molecule has 184 valence electrons. The van der Waals surface area contributed by atoms with Gasteiger partial charge in [-0.15, -0.1) is 0 Å². The van der Waals surface area contributed by atoms with Crippen molar-refractivity contribution in [2.75, 3.05) is 19.1 Å². The molecule has 2 aromatic rings. The summed E-state index contributed by atoms with van der Waals surface area (Å²) in [7, 11) is 1.19. The lowest BCUT2D eigenvalue weighted by Gasteiger charge is -2.22. The molecule has 0 fully saturated rings. The molecule has 2 aromatic carbocycles. The fourth-order valence-electron chi connectivity index (χ4n) is 2.95. The van der Waals surface area contributed by atoms with Gasteiger partial charge in [0.05, 0.1) is 30.7 Å². The molecule has 0 radical (unpaired) electrons. The largest absolute Gasteiger partial charge is 0.503 e. The molecule has 0 saturated heterocycles. The van der Waals surface area contributed by atoms with Crippen LogP contribution in [0.25, 0.3) is 5.57 Å². The van der Waals surface area contributed by atoms with Crippen molar-refractivity contribution in [1.29, 1.82) is 0 Å². The van der Waals surface area contributed by atoms with Gasteiger partial charge in [0.25, 0.3) is 0 Å². The zero-order valence-electron chi connectivity index (χ0n) is 17.8. The number of carboxylic acids is 1. The van der Waals surface area contributed by atoms with E-state index in [-0.39, 0.29) is 22.8 Å². The number of rotatable bonds is 9. The first-order chi connectivity index (χ1) is 15.9. The van der Waals surface area contributed by atoms with Gasteiger partial charge in [0.2, 0.25) is 0 Å². The molecule has 0 saturated carbocycles. The van der Waals surface area contributed by atoms with Gasteiger partial charge in [-0.25, -0.2) is 4.79 Å². The third kappa shape index (κ3) is 6.92. The average Bonchev–Trinajstić information content (AvgIpc) is 2.76. The van der Waals surface area contributed by atoms with Gasteiger partial charge in [0.1, 0.15) is 5.57 Å². The van der Waals surface area contributed by atoms with Crippen LogP contribution in [-0.4, -0.2) is 36.4 Å². The second-order valence-electron chi connectivity index (χ2n) is 6.73. The molecule has 2 rings (SSSR count). The first-order valence-corrected chi connectivity index (χ1v) is 10.8. The summed E-state index contributed by atoms with van der Waals surface area (Å²) < 4.78 is 85.3. The van der Waals surface area contributed by atoms with E-state index in [0.29, 0.717) is 17.9 Å². The first kappa shape index (κ1) is 27.1. The Morgan fingerprint density at radius 2 is 1.68 bits per heavy atom. The van der Waals surface area contributed by atoms with Crippen LogP contribution in [0.5, 0.6) is 0 Å². The monoisotopic (exact) mass is 507 g/mol. The normalized spacial score (nSPS) is 13.7. The van der Waals surface area contributed by atoms with Gasteiger partial charge in [-0.2, -0.15) is 38.1 Å². The smallest absolute Gasteiger partial charge is 0.416 e. The number of hydrogen-bond donors (Lipinski definition) is 1. The number of nitrogens with zero attached hydrogens (tertiary/aromatic N) is 1. The molecule has 1 unspecified atom stereocenters. The number of hydrogen-bond acceptors (Lipinski definition) is 5. The maximum absolute atomic E-state index is 13.4. The van der Waals surface area contributed by atoms with E-state index >= 15 is 0 Å². The van der Waals surface area contributed by atoms with Crippen LogP contribution in [0, 0.1) is 0 Å². The van der Waals surface area contributed by atoms with Crippen LogP contribution in [0.1, 0.15) is 33.9 Å². The highest BCUT2D eigenvalue weighted by atomic mass is 32.2. The van der Waals surface area contributed by atoms with Crippen molar-refractivity contribution in [3.05, 3.63) is 76.5 Å². The quantitative estimate of drug-likeness (QED) is 0.143. The van der Waals surface area contributed by atoms with E-state index in [0.717, 1.165) is 6.26 Å². The number of thioether (sulfide) groups is 1. The summed E-state index contributed by atoms with van der Waals surface area (Å²) in [5.74, 6) is -1.08. The Morgan fingerprint density at radius 1 is 1.09 bits per heavy atom. The highest BCUT2D eigenvalue weighted by molar-refractivity contribution is 7.99. The highest BCUT2D eigenvalue weighted by Crippen LogP contribution is 2.40. The van der Waals surface area contributed by atoms with Crippen molar-refractivity contribution in [2.24, 2.45) is 5.16 Å². The van der Waals surface area contributed by atoms with E-state index in [1.54, 1.807) is 6.26 Å². The average molecular weight is 507 g/mol. The predicted octanol–water partition coefficient (Wildman–Crippen LogP) is 6.25. The van der Waals surface area contributed by atoms with Gasteiger partial charge in [0.15, 0.2) is 6.10 Å². The second kappa shape index (κ2) is 11.3. The molecule has 0 amide bonds. The van der Waals surface area contributed by atoms with E-state index in [4.69, 9.17) is 9.57 Å². The minimum absolute atomic E-state index is 0.00302. The molecule has 5 nitrogen and oxygen atoms in total. The molecule has 0 aromatic heterocycles. The molecule has 1 N–H and O–H groups in total. The van der Waals surface area contributed by atoms with Crippen LogP contribution in [0.15, 0.2) is 53.9 Å². The van der Waals surface area contributed by atoms with Crippen LogP contribution >= 0.6 is 11.8 Å². The Kier molecular flexibility index (Phi) is 9.02. The molecule has 0 aliphatic rings. The lowest BCUT2D eigenvalue weighted by Crippen LogP contribution is -2.15. The Balaban J connectivity index is 2.81. The van der Waals surface area contributed by atoms with Crippen LogP contribution in [-0.2, 0) is 26.7 Å². The standard InChI is InChI=1S/C22H19F6NO4S/c1-32-12-18(20(30)31)16-5-3-4-6-17(16)19(33-29-7-8-34-2)13-9-14(21(23,24)25)11-15(10-13)22(26,27)28/h3-7,9-12,19H,8H2,1-2H3,(H,30,31). The Hall–Kier alpha value is -3.15. The number of carboxylic acid groups (broad SMARTS) is 1. The van der Waals surface area contributed by atoms with Crippen molar-refractivity contribution < 1.29 is 45.8 Å². The minimum atomic E-state index is -5.08. The van der Waals surface area contributed by atoms with Gasteiger partial charge in [-0.3, -0.25) is 0 Å². The summed E-state index contributed by atoms with van der Waals surface area (Å²) in [5, 5.41) is 13.2. The highest BCUT2D eigenvalue weighted by Gasteiger charge is 2.38. The SMILES string of the molecule is COC=C(C(=O)O)c1ccccc1C(ON=CCSC)c1cc(C(F)(F)F)cc(C(F)(F)F)c1. The van der Waals surface area contributed by atoms with E-state index in [2.05, 4.69) is 5.16 Å². The maximum atomic E-state index is 13.4. The summed E-state index contributed by atoms with van der Waals surface area (Å²) in [6.07, 6.45) is -7.84.